The normalized spacial score (nSPS) is 21.1. The van der Waals surface area contributed by atoms with E-state index in [-0.39, 0.29) is 5.25 Å². The minimum Gasteiger partial charge on any atom is -0.360 e. The standard InChI is InChI=1S/C29H21F3N2OS/c30-29(31,32)23-17-15-20(16-18-23)26-19-28(22-11-5-2-6-12-22)34(24-13-7-8-14-25(24)36-26)27(33-35-28)21-9-3-1-4-10-21/h1-18,26H,19H2. The van der Waals surface area contributed by atoms with Gasteiger partial charge in [-0.3, -0.25) is 4.90 Å². The van der Waals surface area contributed by atoms with Crippen LogP contribution in [-0.2, 0) is 16.7 Å². The first-order chi connectivity index (χ1) is 17.5. The molecule has 0 radical (unpaired) electrons. The van der Waals surface area contributed by atoms with Crippen molar-refractivity contribution in [1.29, 1.82) is 0 Å². The number of halogens is 3. The number of alkyl halides is 3. The summed E-state index contributed by atoms with van der Waals surface area (Å²) in [7, 11) is 0. The van der Waals surface area contributed by atoms with Crippen molar-refractivity contribution in [1.82, 2.24) is 0 Å². The molecule has 2 aliphatic heterocycles. The second-order valence-corrected chi connectivity index (χ2v) is 10.0. The van der Waals surface area contributed by atoms with Crippen LogP contribution in [0.25, 0.3) is 0 Å². The van der Waals surface area contributed by atoms with Crippen LogP contribution < -0.4 is 4.90 Å². The molecule has 2 atom stereocenters. The van der Waals surface area contributed by atoms with E-state index in [1.807, 2.05) is 84.9 Å². The SMILES string of the molecule is FC(F)(F)c1ccc(C2CC3(c4ccccc4)ON=C(c4ccccc4)N3c3ccccc3S2)cc1. The van der Waals surface area contributed by atoms with Crippen molar-refractivity contribution in [3.8, 4) is 0 Å². The zero-order valence-corrected chi connectivity index (χ0v) is 19.8. The van der Waals surface area contributed by atoms with Gasteiger partial charge in [0.15, 0.2) is 5.84 Å². The Morgan fingerprint density at radius 3 is 2.14 bits per heavy atom. The highest BCUT2D eigenvalue weighted by molar-refractivity contribution is 7.99. The Kier molecular flexibility index (Phi) is 5.52. The molecule has 0 bridgehead atoms. The van der Waals surface area contributed by atoms with E-state index in [1.54, 1.807) is 23.9 Å². The minimum absolute atomic E-state index is 0.177. The van der Waals surface area contributed by atoms with Crippen LogP contribution in [0.3, 0.4) is 0 Å². The van der Waals surface area contributed by atoms with Crippen LogP contribution in [0.1, 0.15) is 33.9 Å². The van der Waals surface area contributed by atoms with Gasteiger partial charge in [-0.15, -0.1) is 11.8 Å². The Labute approximate surface area is 211 Å². The molecule has 36 heavy (non-hydrogen) atoms. The van der Waals surface area contributed by atoms with E-state index in [4.69, 9.17) is 4.84 Å². The first kappa shape index (κ1) is 22.7. The predicted octanol–water partition coefficient (Wildman–Crippen LogP) is 7.99. The zero-order valence-electron chi connectivity index (χ0n) is 19.0. The molecule has 6 rings (SSSR count). The molecular weight excluding hydrogens is 481 g/mol. The fourth-order valence-corrected chi connectivity index (χ4v) is 6.18. The van der Waals surface area contributed by atoms with E-state index in [0.29, 0.717) is 12.3 Å². The van der Waals surface area contributed by atoms with Crippen molar-refractivity contribution in [2.45, 2.75) is 28.5 Å². The second-order valence-electron chi connectivity index (χ2n) is 8.76. The van der Waals surface area contributed by atoms with Crippen molar-refractivity contribution < 1.29 is 18.0 Å². The van der Waals surface area contributed by atoms with Gasteiger partial charge >= 0.3 is 6.18 Å². The summed E-state index contributed by atoms with van der Waals surface area (Å²) in [5.74, 6) is 0.695. The molecule has 2 unspecified atom stereocenters. The van der Waals surface area contributed by atoms with Gasteiger partial charge in [-0.1, -0.05) is 90.1 Å². The van der Waals surface area contributed by atoms with Crippen LogP contribution in [0.2, 0.25) is 0 Å². The van der Waals surface area contributed by atoms with Crippen LogP contribution in [0, 0.1) is 0 Å². The lowest BCUT2D eigenvalue weighted by atomic mass is 9.91. The molecule has 0 N–H and O–H groups in total. The second kappa shape index (κ2) is 8.75. The number of para-hydroxylation sites is 1. The summed E-state index contributed by atoms with van der Waals surface area (Å²) >= 11 is 1.63. The van der Waals surface area contributed by atoms with Crippen molar-refractivity contribution >= 4 is 23.3 Å². The number of amidine groups is 1. The molecule has 2 aliphatic rings. The molecule has 0 spiro atoms. The molecule has 0 amide bonds. The van der Waals surface area contributed by atoms with E-state index in [1.165, 1.54) is 0 Å². The molecule has 2 heterocycles. The molecule has 4 aromatic rings. The molecule has 4 aromatic carbocycles. The number of hydrogen-bond acceptors (Lipinski definition) is 4. The van der Waals surface area contributed by atoms with Gasteiger partial charge in [0.2, 0.25) is 5.72 Å². The summed E-state index contributed by atoms with van der Waals surface area (Å²) < 4.78 is 39.7. The van der Waals surface area contributed by atoms with Crippen LogP contribution in [0.4, 0.5) is 18.9 Å². The number of hydrogen-bond donors (Lipinski definition) is 0. The van der Waals surface area contributed by atoms with Crippen LogP contribution in [0.15, 0.2) is 119 Å². The summed E-state index contributed by atoms with van der Waals surface area (Å²) in [6.45, 7) is 0. The molecule has 0 fully saturated rings. The van der Waals surface area contributed by atoms with Gasteiger partial charge in [0, 0.05) is 27.7 Å². The van der Waals surface area contributed by atoms with Gasteiger partial charge < -0.3 is 4.84 Å². The summed E-state index contributed by atoms with van der Waals surface area (Å²) in [6.07, 6.45) is -3.90. The maximum absolute atomic E-state index is 13.2. The number of thioether (sulfide) groups is 1. The molecule has 0 aromatic heterocycles. The van der Waals surface area contributed by atoms with Gasteiger partial charge in [-0.2, -0.15) is 13.2 Å². The van der Waals surface area contributed by atoms with Crippen LogP contribution in [-0.4, -0.2) is 5.84 Å². The number of nitrogens with zero attached hydrogens (tertiary/aromatic N) is 2. The summed E-state index contributed by atoms with van der Waals surface area (Å²) in [5.41, 5.74) is 1.96. The van der Waals surface area contributed by atoms with Crippen LogP contribution >= 0.6 is 11.8 Å². The molecule has 0 saturated carbocycles. The predicted molar refractivity (Wildman–Crippen MR) is 136 cm³/mol. The molecule has 7 heteroatoms. The first-order valence-electron chi connectivity index (χ1n) is 11.6. The first-order valence-corrected chi connectivity index (χ1v) is 12.4. The summed E-state index contributed by atoms with van der Waals surface area (Å²) in [5, 5.41) is 4.42. The van der Waals surface area contributed by atoms with Gasteiger partial charge in [0.05, 0.1) is 11.3 Å². The average Bonchev–Trinajstić information content (AvgIpc) is 3.22. The minimum atomic E-state index is -4.38. The Morgan fingerprint density at radius 1 is 0.806 bits per heavy atom. The lowest BCUT2D eigenvalue weighted by Gasteiger charge is -2.37. The smallest absolute Gasteiger partial charge is 0.360 e. The number of benzene rings is 4. The van der Waals surface area contributed by atoms with E-state index < -0.39 is 17.5 Å². The van der Waals surface area contributed by atoms with Crippen molar-refractivity contribution in [3.05, 3.63) is 131 Å². The highest BCUT2D eigenvalue weighted by Crippen LogP contribution is 2.56. The number of oxime groups is 1. The fourth-order valence-electron chi connectivity index (χ4n) is 4.84. The molecule has 0 aliphatic carbocycles. The maximum atomic E-state index is 13.2. The highest BCUT2D eigenvalue weighted by Gasteiger charge is 2.53. The van der Waals surface area contributed by atoms with Gasteiger partial charge in [0.1, 0.15) is 0 Å². The highest BCUT2D eigenvalue weighted by atomic mass is 32.2. The Morgan fingerprint density at radius 2 is 1.44 bits per heavy atom. The van der Waals surface area contributed by atoms with E-state index in [2.05, 4.69) is 10.1 Å². The Hall–Kier alpha value is -3.71. The third kappa shape index (κ3) is 3.84. The summed E-state index contributed by atoms with van der Waals surface area (Å²) in [6, 6.07) is 33.3. The lowest BCUT2D eigenvalue weighted by Crippen LogP contribution is -2.47. The molecule has 3 nitrogen and oxygen atoms in total. The molecular formula is C29H21F3N2OS. The van der Waals surface area contributed by atoms with E-state index >= 15 is 0 Å². The molecule has 180 valence electrons. The Bertz CT molecular complexity index is 1410. The average molecular weight is 503 g/mol. The van der Waals surface area contributed by atoms with E-state index in [0.717, 1.165) is 39.4 Å². The number of fused-ring (bicyclic) bond motifs is 3. The van der Waals surface area contributed by atoms with Crippen molar-refractivity contribution in [2.24, 2.45) is 5.16 Å². The van der Waals surface area contributed by atoms with Crippen LogP contribution in [0.5, 0.6) is 0 Å². The van der Waals surface area contributed by atoms with Crippen molar-refractivity contribution in [3.63, 3.8) is 0 Å². The monoisotopic (exact) mass is 502 g/mol. The quantitative estimate of drug-likeness (QED) is 0.284. The largest absolute Gasteiger partial charge is 0.416 e. The van der Waals surface area contributed by atoms with Gasteiger partial charge in [-0.25, -0.2) is 0 Å². The lowest BCUT2D eigenvalue weighted by molar-refractivity contribution is -0.137. The Balaban J connectivity index is 1.52. The third-order valence-corrected chi connectivity index (χ3v) is 7.88. The van der Waals surface area contributed by atoms with Gasteiger partial charge in [-0.05, 0) is 29.8 Å². The van der Waals surface area contributed by atoms with Gasteiger partial charge in [0.25, 0.3) is 0 Å². The fraction of sp³-hybridized carbons (Fsp3) is 0.138. The summed E-state index contributed by atoms with van der Waals surface area (Å²) in [4.78, 5) is 9.54. The number of anilines is 1. The zero-order chi connectivity index (χ0) is 24.8. The number of rotatable bonds is 3. The maximum Gasteiger partial charge on any atom is 0.416 e. The molecule has 0 saturated heterocycles. The van der Waals surface area contributed by atoms with E-state index in [9.17, 15) is 13.2 Å². The topological polar surface area (TPSA) is 24.8 Å². The van der Waals surface area contributed by atoms with Crippen molar-refractivity contribution in [2.75, 3.05) is 4.90 Å². The third-order valence-electron chi connectivity index (χ3n) is 6.56.